The first-order valence-electron chi connectivity index (χ1n) is 7.36. The molecular weight excluding hydrogens is 262 g/mol. The van der Waals surface area contributed by atoms with Crippen molar-refractivity contribution < 1.29 is 8.42 Å². The van der Waals surface area contributed by atoms with Crippen LogP contribution in [0.2, 0.25) is 0 Å². The standard InChI is InChI=1S/C13H27N3O2S/c1-12-6-5-7-13(10-12,11-14)15(2)19(17,18)16-8-3-4-9-16/h12H,3-11,14H2,1-2H3. The first kappa shape index (κ1) is 15.2. The summed E-state index contributed by atoms with van der Waals surface area (Å²) in [7, 11) is -1.62. The van der Waals surface area contributed by atoms with Gasteiger partial charge in [-0.25, -0.2) is 0 Å². The van der Waals surface area contributed by atoms with Gasteiger partial charge in [-0.05, 0) is 31.6 Å². The van der Waals surface area contributed by atoms with Crippen LogP contribution in [0.4, 0.5) is 0 Å². The van der Waals surface area contributed by atoms with E-state index in [1.54, 1.807) is 15.7 Å². The average Bonchev–Trinajstić information content (AvgIpc) is 2.92. The molecule has 19 heavy (non-hydrogen) atoms. The van der Waals surface area contributed by atoms with Gasteiger partial charge < -0.3 is 5.73 Å². The van der Waals surface area contributed by atoms with E-state index in [0.29, 0.717) is 25.6 Å². The molecule has 0 aromatic rings. The smallest absolute Gasteiger partial charge is 0.282 e. The SMILES string of the molecule is CC1CCCC(CN)(N(C)S(=O)(=O)N2CCCC2)C1. The van der Waals surface area contributed by atoms with Crippen molar-refractivity contribution in [2.24, 2.45) is 11.7 Å². The number of likely N-dealkylation sites (N-methyl/N-ethyl adjacent to an activating group) is 1. The maximum absolute atomic E-state index is 12.7. The Morgan fingerprint density at radius 1 is 1.32 bits per heavy atom. The number of hydrogen-bond donors (Lipinski definition) is 1. The van der Waals surface area contributed by atoms with Crippen LogP contribution in [0.5, 0.6) is 0 Å². The predicted molar refractivity (Wildman–Crippen MR) is 76.9 cm³/mol. The van der Waals surface area contributed by atoms with E-state index in [1.807, 2.05) is 0 Å². The zero-order chi connectivity index (χ0) is 14.1. The van der Waals surface area contributed by atoms with Crippen LogP contribution in [0, 0.1) is 5.92 Å². The van der Waals surface area contributed by atoms with Crippen molar-refractivity contribution in [2.45, 2.75) is 51.0 Å². The highest BCUT2D eigenvalue weighted by Gasteiger charge is 2.44. The molecule has 6 heteroatoms. The molecule has 1 aliphatic carbocycles. The fraction of sp³-hybridized carbons (Fsp3) is 1.00. The van der Waals surface area contributed by atoms with Gasteiger partial charge in [0.1, 0.15) is 0 Å². The first-order valence-corrected chi connectivity index (χ1v) is 8.76. The maximum Gasteiger partial charge on any atom is 0.282 e. The number of rotatable bonds is 4. The minimum absolute atomic E-state index is 0.376. The Hall–Kier alpha value is -0.170. The lowest BCUT2D eigenvalue weighted by Crippen LogP contribution is -2.59. The zero-order valence-corrected chi connectivity index (χ0v) is 13.0. The van der Waals surface area contributed by atoms with E-state index >= 15 is 0 Å². The maximum atomic E-state index is 12.7. The van der Waals surface area contributed by atoms with Gasteiger partial charge in [0.05, 0.1) is 0 Å². The van der Waals surface area contributed by atoms with Crippen LogP contribution in [0.25, 0.3) is 0 Å². The molecule has 0 radical (unpaired) electrons. The van der Waals surface area contributed by atoms with Gasteiger partial charge in [0.15, 0.2) is 0 Å². The van der Waals surface area contributed by atoms with Crippen molar-refractivity contribution in [1.82, 2.24) is 8.61 Å². The van der Waals surface area contributed by atoms with E-state index in [9.17, 15) is 8.42 Å². The topological polar surface area (TPSA) is 66.6 Å². The van der Waals surface area contributed by atoms with Crippen molar-refractivity contribution in [2.75, 3.05) is 26.7 Å². The molecule has 1 aliphatic heterocycles. The Bertz CT molecular complexity index is 406. The molecular formula is C13H27N3O2S. The summed E-state index contributed by atoms with van der Waals surface area (Å²) in [4.78, 5) is 0. The van der Waals surface area contributed by atoms with E-state index in [-0.39, 0.29) is 5.54 Å². The molecule has 112 valence electrons. The van der Waals surface area contributed by atoms with Gasteiger partial charge in [0.25, 0.3) is 10.2 Å². The predicted octanol–water partition coefficient (Wildman–Crippen LogP) is 1.17. The van der Waals surface area contributed by atoms with Crippen molar-refractivity contribution >= 4 is 10.2 Å². The summed E-state index contributed by atoms with van der Waals surface area (Å²) in [6.45, 7) is 3.92. The highest BCUT2D eigenvalue weighted by molar-refractivity contribution is 7.86. The first-order chi connectivity index (χ1) is 8.92. The zero-order valence-electron chi connectivity index (χ0n) is 12.1. The molecule has 2 atom stereocenters. The van der Waals surface area contributed by atoms with Crippen LogP contribution < -0.4 is 5.73 Å². The molecule has 5 nitrogen and oxygen atoms in total. The fourth-order valence-electron chi connectivity index (χ4n) is 3.57. The summed E-state index contributed by atoms with van der Waals surface area (Å²) in [5.74, 6) is 0.550. The summed E-state index contributed by atoms with van der Waals surface area (Å²) in [5, 5.41) is 0. The van der Waals surface area contributed by atoms with Crippen LogP contribution in [0.15, 0.2) is 0 Å². The van der Waals surface area contributed by atoms with E-state index < -0.39 is 10.2 Å². The quantitative estimate of drug-likeness (QED) is 0.844. The molecule has 0 aromatic carbocycles. The van der Waals surface area contributed by atoms with Gasteiger partial charge in [0, 0.05) is 32.2 Å². The van der Waals surface area contributed by atoms with Crippen molar-refractivity contribution in [3.63, 3.8) is 0 Å². The Balaban J connectivity index is 2.22. The molecule has 2 rings (SSSR count). The van der Waals surface area contributed by atoms with Gasteiger partial charge in [-0.1, -0.05) is 19.8 Å². The average molecular weight is 289 g/mol. The molecule has 0 aromatic heterocycles. The van der Waals surface area contributed by atoms with Gasteiger partial charge in [0.2, 0.25) is 0 Å². The van der Waals surface area contributed by atoms with Gasteiger partial charge in [-0.3, -0.25) is 0 Å². The third-order valence-corrected chi connectivity index (χ3v) is 6.95. The van der Waals surface area contributed by atoms with E-state index in [0.717, 1.165) is 32.1 Å². The van der Waals surface area contributed by atoms with Crippen LogP contribution >= 0.6 is 0 Å². The molecule has 0 bridgehead atoms. The third kappa shape index (κ3) is 2.82. The highest BCUT2D eigenvalue weighted by Crippen LogP contribution is 2.37. The number of nitrogens with zero attached hydrogens (tertiary/aromatic N) is 2. The van der Waals surface area contributed by atoms with Crippen LogP contribution in [0.3, 0.4) is 0 Å². The molecule has 2 unspecified atom stereocenters. The van der Waals surface area contributed by atoms with Crippen LogP contribution in [-0.2, 0) is 10.2 Å². The second kappa shape index (κ2) is 5.68. The molecule has 1 saturated heterocycles. The monoisotopic (exact) mass is 289 g/mol. The molecule has 2 fully saturated rings. The van der Waals surface area contributed by atoms with Crippen molar-refractivity contribution in [1.29, 1.82) is 0 Å². The summed E-state index contributed by atoms with van der Waals surface area (Å²) in [6, 6.07) is 0. The van der Waals surface area contributed by atoms with E-state index in [4.69, 9.17) is 5.73 Å². The van der Waals surface area contributed by atoms with Gasteiger partial charge in [-0.15, -0.1) is 0 Å². The molecule has 1 saturated carbocycles. The van der Waals surface area contributed by atoms with Gasteiger partial charge >= 0.3 is 0 Å². The lowest BCUT2D eigenvalue weighted by Gasteiger charge is -2.46. The van der Waals surface area contributed by atoms with E-state index in [2.05, 4.69) is 6.92 Å². The van der Waals surface area contributed by atoms with Crippen molar-refractivity contribution in [3.8, 4) is 0 Å². The number of hydrogen-bond acceptors (Lipinski definition) is 3. The summed E-state index contributed by atoms with van der Waals surface area (Å²) in [6.07, 6.45) is 5.96. The highest BCUT2D eigenvalue weighted by atomic mass is 32.2. The molecule has 0 amide bonds. The van der Waals surface area contributed by atoms with Crippen LogP contribution in [0.1, 0.15) is 45.4 Å². The largest absolute Gasteiger partial charge is 0.329 e. The molecule has 2 aliphatic rings. The molecule has 0 spiro atoms. The molecule has 2 N–H and O–H groups in total. The molecule has 1 heterocycles. The third-order valence-electron chi connectivity index (χ3n) is 4.85. The van der Waals surface area contributed by atoms with Crippen molar-refractivity contribution in [3.05, 3.63) is 0 Å². The summed E-state index contributed by atoms with van der Waals surface area (Å²) < 4.78 is 28.6. The minimum Gasteiger partial charge on any atom is -0.329 e. The lowest BCUT2D eigenvalue weighted by molar-refractivity contribution is 0.122. The van der Waals surface area contributed by atoms with Gasteiger partial charge in [-0.2, -0.15) is 17.0 Å². The Morgan fingerprint density at radius 2 is 1.95 bits per heavy atom. The lowest BCUT2D eigenvalue weighted by atomic mass is 9.76. The van der Waals surface area contributed by atoms with Crippen LogP contribution in [-0.4, -0.2) is 49.2 Å². The normalized spacial score (nSPS) is 34.0. The fourth-order valence-corrected chi connectivity index (χ4v) is 5.36. The summed E-state index contributed by atoms with van der Waals surface area (Å²) >= 11 is 0. The second-order valence-electron chi connectivity index (χ2n) is 6.21. The van der Waals surface area contributed by atoms with E-state index in [1.165, 1.54) is 6.42 Å². The summed E-state index contributed by atoms with van der Waals surface area (Å²) in [5.41, 5.74) is 5.60. The minimum atomic E-state index is -3.35. The second-order valence-corrected chi connectivity index (χ2v) is 8.17. The Labute approximate surface area is 117 Å². The Kier molecular flexibility index (Phi) is 4.55. The number of nitrogens with two attached hydrogens (primary N) is 1. The Morgan fingerprint density at radius 3 is 2.47 bits per heavy atom.